The quantitative estimate of drug-likeness (QED) is 0.122. The van der Waals surface area contributed by atoms with E-state index < -0.39 is 0 Å². The fourth-order valence-corrected chi connectivity index (χ4v) is 7.14. The van der Waals surface area contributed by atoms with Crippen LogP contribution in [0.25, 0.3) is 33.9 Å². The van der Waals surface area contributed by atoms with Crippen LogP contribution in [0, 0.1) is 30.9 Å². The zero-order valence-corrected chi connectivity index (χ0v) is 32.0. The third kappa shape index (κ3) is 8.13. The summed E-state index contributed by atoms with van der Waals surface area (Å²) in [5.41, 5.74) is 11.6. The van der Waals surface area contributed by atoms with Crippen molar-refractivity contribution in [2.75, 3.05) is 0 Å². The molecule has 248 valence electrons. The van der Waals surface area contributed by atoms with Crippen LogP contribution in [0.4, 0.5) is 0 Å². The van der Waals surface area contributed by atoms with Crippen LogP contribution in [-0.2, 0) is 33.9 Å². The number of para-hydroxylation sites is 2. The van der Waals surface area contributed by atoms with Crippen LogP contribution in [0.1, 0.15) is 69.7 Å². The second-order valence-corrected chi connectivity index (χ2v) is 14.7. The van der Waals surface area contributed by atoms with E-state index in [0.29, 0.717) is 17.8 Å². The van der Waals surface area contributed by atoms with Crippen LogP contribution in [-0.4, -0.2) is 19.1 Å². The van der Waals surface area contributed by atoms with Gasteiger partial charge in [-0.3, -0.25) is 9.97 Å². The van der Waals surface area contributed by atoms with Gasteiger partial charge in [0.25, 0.3) is 0 Å². The van der Waals surface area contributed by atoms with Crippen LogP contribution in [0.15, 0.2) is 108 Å². The molecule has 0 unspecified atom stereocenters. The first kappa shape index (κ1) is 35.6. The molecule has 0 saturated carbocycles. The molecule has 6 rings (SSSR count). The first-order valence-corrected chi connectivity index (χ1v) is 17.5. The molecule has 0 N–H and O–H groups in total. The van der Waals surface area contributed by atoms with E-state index in [-0.39, 0.29) is 21.1 Å². The standard InChI is InChI=1S/C42H44N4S.Pt/c1-28(2)20-34-15-9-16-35(21-29(3)4)42(34)46-25-40(44-27-46)33-14-11-18-37(23-33)47-36-17-10-13-32(22-36)39-24-45(26-43-39)41-31(7)12-8-19-38(41)30(5)6;/h8-19,24-30H,20-21H2,1-7H3;/q-2;+2. The van der Waals surface area contributed by atoms with Crippen molar-refractivity contribution in [1.82, 2.24) is 19.1 Å². The van der Waals surface area contributed by atoms with Crippen molar-refractivity contribution in [3.8, 4) is 33.9 Å². The Kier molecular flexibility index (Phi) is 11.7. The number of nitrogens with zero attached hydrogens (tertiary/aromatic N) is 4. The van der Waals surface area contributed by atoms with Crippen LogP contribution in [0.5, 0.6) is 0 Å². The largest absolute Gasteiger partial charge is 2.00 e. The molecule has 0 aliphatic heterocycles. The molecular weight excluding hydrogens is 788 g/mol. The first-order chi connectivity index (χ1) is 22.7. The van der Waals surface area contributed by atoms with Gasteiger partial charge in [0.15, 0.2) is 0 Å². The second kappa shape index (κ2) is 15.7. The fraction of sp³-hybridized carbons (Fsp3) is 0.286. The Balaban J connectivity index is 0.00000451. The minimum atomic E-state index is 0. The van der Waals surface area contributed by atoms with Gasteiger partial charge < -0.3 is 9.13 Å². The molecule has 2 aromatic heterocycles. The van der Waals surface area contributed by atoms with Crippen LogP contribution >= 0.6 is 11.8 Å². The zero-order valence-electron chi connectivity index (χ0n) is 28.9. The van der Waals surface area contributed by atoms with E-state index in [4.69, 9.17) is 9.97 Å². The molecule has 0 atom stereocenters. The summed E-state index contributed by atoms with van der Waals surface area (Å²) in [6, 6.07) is 33.0. The van der Waals surface area contributed by atoms with Gasteiger partial charge in [0.1, 0.15) is 0 Å². The molecule has 48 heavy (non-hydrogen) atoms. The number of aryl methyl sites for hydroxylation is 1. The fourth-order valence-electron chi connectivity index (χ4n) is 6.29. The summed E-state index contributed by atoms with van der Waals surface area (Å²) in [5, 5.41) is 0. The summed E-state index contributed by atoms with van der Waals surface area (Å²) in [6.07, 6.45) is 10.2. The zero-order chi connectivity index (χ0) is 33.1. The van der Waals surface area contributed by atoms with Gasteiger partial charge in [-0.25, -0.2) is 0 Å². The van der Waals surface area contributed by atoms with Crippen molar-refractivity contribution >= 4 is 11.8 Å². The summed E-state index contributed by atoms with van der Waals surface area (Å²) < 4.78 is 4.37. The van der Waals surface area contributed by atoms with Crippen LogP contribution < -0.4 is 0 Å². The number of rotatable bonds is 11. The van der Waals surface area contributed by atoms with Crippen molar-refractivity contribution < 1.29 is 21.1 Å². The van der Waals surface area contributed by atoms with E-state index in [1.54, 1.807) is 11.8 Å². The smallest absolute Gasteiger partial charge is 0.315 e. The summed E-state index contributed by atoms with van der Waals surface area (Å²) >= 11 is 1.66. The summed E-state index contributed by atoms with van der Waals surface area (Å²) in [6.45, 7) is 15.8. The molecule has 2 heterocycles. The van der Waals surface area contributed by atoms with Crippen LogP contribution in [0.2, 0.25) is 0 Å². The Morgan fingerprint density at radius 2 is 1.10 bits per heavy atom. The normalized spacial score (nSPS) is 11.5. The van der Waals surface area contributed by atoms with Gasteiger partial charge in [0.05, 0.1) is 24.0 Å². The van der Waals surface area contributed by atoms with Gasteiger partial charge in [0.2, 0.25) is 0 Å². The van der Waals surface area contributed by atoms with Gasteiger partial charge in [-0.2, -0.15) is 0 Å². The van der Waals surface area contributed by atoms with E-state index in [0.717, 1.165) is 45.1 Å². The SMILES string of the molecule is Cc1cccc(C(C)C)c1-n1cnc(-c2[c-]c(Sc3[c-]c(-c4cn(-c5c(CC(C)C)cccc5CC(C)C)cn4)ccc3)ccc2)c1.[Pt+2]. The molecule has 0 fully saturated rings. The van der Waals surface area contributed by atoms with Crippen molar-refractivity contribution in [3.63, 3.8) is 0 Å². The van der Waals surface area contributed by atoms with Crippen molar-refractivity contribution in [1.29, 1.82) is 0 Å². The number of aromatic nitrogens is 4. The average molecular weight is 832 g/mol. The van der Waals surface area contributed by atoms with Gasteiger partial charge in [-0.1, -0.05) is 87.7 Å². The molecule has 4 nitrogen and oxygen atoms in total. The van der Waals surface area contributed by atoms with Crippen molar-refractivity contribution in [2.45, 2.75) is 77.0 Å². The molecule has 0 amide bonds. The molecule has 0 saturated heterocycles. The summed E-state index contributed by atoms with van der Waals surface area (Å²) in [7, 11) is 0. The van der Waals surface area contributed by atoms with Gasteiger partial charge in [-0.05, 0) is 72.2 Å². The van der Waals surface area contributed by atoms with E-state index in [1.165, 1.54) is 33.6 Å². The maximum Gasteiger partial charge on any atom is 2.00 e. The molecule has 0 radical (unpaired) electrons. The number of benzene rings is 4. The molecule has 6 aromatic rings. The second-order valence-electron chi connectivity index (χ2n) is 13.6. The first-order valence-electron chi connectivity index (χ1n) is 16.7. The predicted octanol–water partition coefficient (Wildman–Crippen LogP) is 11.0. The van der Waals surface area contributed by atoms with E-state index >= 15 is 0 Å². The van der Waals surface area contributed by atoms with Crippen molar-refractivity contribution in [2.24, 2.45) is 11.8 Å². The van der Waals surface area contributed by atoms with Crippen molar-refractivity contribution in [3.05, 3.63) is 132 Å². The van der Waals surface area contributed by atoms with E-state index in [9.17, 15) is 0 Å². The Labute approximate surface area is 305 Å². The Morgan fingerprint density at radius 1 is 0.625 bits per heavy atom. The van der Waals surface area contributed by atoms with Gasteiger partial charge >= 0.3 is 21.1 Å². The average Bonchev–Trinajstić information content (AvgIpc) is 3.72. The molecule has 0 bridgehead atoms. The summed E-state index contributed by atoms with van der Waals surface area (Å²) in [5.74, 6) is 1.57. The third-order valence-corrected chi connectivity index (χ3v) is 9.26. The third-order valence-electron chi connectivity index (χ3n) is 8.34. The molecule has 6 heteroatoms. The van der Waals surface area contributed by atoms with Gasteiger partial charge in [-0.15, -0.1) is 71.4 Å². The van der Waals surface area contributed by atoms with E-state index in [2.05, 4.69) is 155 Å². The number of hydrogen-bond acceptors (Lipinski definition) is 3. The Hall–Kier alpha value is -3.66. The molecule has 4 aromatic carbocycles. The van der Waals surface area contributed by atoms with E-state index in [1.807, 2.05) is 12.7 Å². The molecule has 0 aliphatic rings. The monoisotopic (exact) mass is 831 g/mol. The number of imidazole rings is 2. The maximum atomic E-state index is 4.86. The topological polar surface area (TPSA) is 35.6 Å². The van der Waals surface area contributed by atoms with Crippen LogP contribution in [0.3, 0.4) is 0 Å². The molecular formula is C42H44N4PtS. The summed E-state index contributed by atoms with van der Waals surface area (Å²) in [4.78, 5) is 11.7. The predicted molar refractivity (Wildman–Crippen MR) is 196 cm³/mol. The Bertz CT molecular complexity index is 1960. The van der Waals surface area contributed by atoms with Gasteiger partial charge in [0, 0.05) is 11.4 Å². The minimum absolute atomic E-state index is 0. The maximum absolute atomic E-state index is 4.86. The molecule has 0 aliphatic carbocycles. The minimum Gasteiger partial charge on any atom is -0.315 e. The number of hydrogen-bond donors (Lipinski definition) is 0. The molecule has 0 spiro atoms. The Morgan fingerprint density at radius 3 is 1.60 bits per heavy atom.